The third-order valence-corrected chi connectivity index (χ3v) is 4.54. The third kappa shape index (κ3) is 5.41. The Kier molecular flexibility index (Phi) is 7.04. The van der Waals surface area contributed by atoms with Gasteiger partial charge in [0.25, 0.3) is 0 Å². The van der Waals surface area contributed by atoms with Crippen LogP contribution in [0.2, 0.25) is 5.15 Å². The average molecular weight is 450 g/mol. The first kappa shape index (κ1) is 22.3. The van der Waals surface area contributed by atoms with Crippen LogP contribution in [0.5, 0.6) is 0 Å². The summed E-state index contributed by atoms with van der Waals surface area (Å²) in [5.74, 6) is -0.0636. The van der Waals surface area contributed by atoms with Crippen LogP contribution in [-0.4, -0.2) is 19.8 Å². The molecule has 4 rings (SSSR count). The number of nitrogen functional groups attached to an aromatic ring is 1. The molecule has 0 spiro atoms. The van der Waals surface area contributed by atoms with Crippen molar-refractivity contribution in [2.24, 2.45) is 0 Å². The van der Waals surface area contributed by atoms with Gasteiger partial charge in [0.2, 0.25) is 11.0 Å². The topological polar surface area (TPSA) is 138 Å². The number of nitrogens with zero attached hydrogens (tertiary/aromatic N) is 4. The lowest BCUT2D eigenvalue weighted by Gasteiger charge is -2.01. The van der Waals surface area contributed by atoms with E-state index in [1.807, 2.05) is 60.7 Å². The molecule has 32 heavy (non-hydrogen) atoms. The van der Waals surface area contributed by atoms with Gasteiger partial charge < -0.3 is 5.73 Å². The van der Waals surface area contributed by atoms with Gasteiger partial charge in [0, 0.05) is 23.3 Å². The lowest BCUT2D eigenvalue weighted by atomic mass is 10.1. The van der Waals surface area contributed by atoms with E-state index < -0.39 is 9.85 Å². The molecule has 0 amide bonds. The van der Waals surface area contributed by atoms with Crippen LogP contribution in [0, 0.1) is 20.2 Å². The van der Waals surface area contributed by atoms with Crippen molar-refractivity contribution in [3.05, 3.63) is 110 Å². The van der Waals surface area contributed by atoms with Gasteiger partial charge in [-0.2, -0.15) is 0 Å². The normalized spacial score (nSPS) is 10.0. The van der Waals surface area contributed by atoms with Gasteiger partial charge in [0.15, 0.2) is 0 Å². The van der Waals surface area contributed by atoms with Crippen molar-refractivity contribution in [2.45, 2.75) is 0 Å². The van der Waals surface area contributed by atoms with Crippen LogP contribution in [0.15, 0.2) is 84.9 Å². The first-order valence-corrected chi connectivity index (χ1v) is 9.57. The molecule has 10 heteroatoms. The number of aromatic nitrogens is 2. The van der Waals surface area contributed by atoms with E-state index >= 15 is 0 Å². The Morgan fingerprint density at radius 3 is 1.50 bits per heavy atom. The average Bonchev–Trinajstić information content (AvgIpc) is 2.80. The highest BCUT2D eigenvalue weighted by atomic mass is 35.5. The van der Waals surface area contributed by atoms with E-state index in [0.717, 1.165) is 11.1 Å². The van der Waals surface area contributed by atoms with E-state index in [-0.39, 0.29) is 22.3 Å². The lowest BCUT2D eigenvalue weighted by molar-refractivity contribution is -0.385. The molecule has 0 saturated heterocycles. The van der Waals surface area contributed by atoms with Gasteiger partial charge in [-0.05, 0) is 12.1 Å². The highest BCUT2D eigenvalue weighted by molar-refractivity contribution is 6.31. The smallest absolute Gasteiger partial charge is 0.311 e. The molecule has 0 bridgehead atoms. The largest absolute Gasteiger partial charge is 0.378 e. The number of halogens is 1. The monoisotopic (exact) mass is 449 g/mol. The fraction of sp³-hybridized carbons (Fsp3) is 0. The summed E-state index contributed by atoms with van der Waals surface area (Å²) in [4.78, 5) is 28.0. The maximum absolute atomic E-state index is 10.6. The molecule has 4 aromatic rings. The Morgan fingerprint density at radius 1 is 0.656 bits per heavy atom. The molecule has 9 nitrogen and oxygen atoms in total. The first-order valence-electron chi connectivity index (χ1n) is 9.19. The van der Waals surface area contributed by atoms with Crippen LogP contribution < -0.4 is 5.73 Å². The standard InChI is InChI=1S/C11H7ClN2O2.C11H9N3O2/c2*12-11-10(14(15)16)7-6-9(13-11)8-4-2-1-3-5-8/h1-7H;1-7H,(H2,12,13). The number of nitro groups is 2. The van der Waals surface area contributed by atoms with Crippen molar-refractivity contribution in [3.8, 4) is 22.5 Å². The van der Waals surface area contributed by atoms with Gasteiger partial charge >= 0.3 is 11.4 Å². The summed E-state index contributed by atoms with van der Waals surface area (Å²) in [6.45, 7) is 0. The summed E-state index contributed by atoms with van der Waals surface area (Å²) in [6.07, 6.45) is 0. The Morgan fingerprint density at radius 2 is 1.09 bits per heavy atom. The van der Waals surface area contributed by atoms with Gasteiger partial charge in [-0.15, -0.1) is 0 Å². The summed E-state index contributed by atoms with van der Waals surface area (Å²) in [5.41, 5.74) is 8.16. The highest BCUT2D eigenvalue weighted by Crippen LogP contribution is 2.26. The minimum absolute atomic E-state index is 0.0636. The molecule has 2 aromatic heterocycles. The Bertz CT molecular complexity index is 1150. The minimum atomic E-state index is -0.551. The fourth-order valence-corrected chi connectivity index (χ4v) is 2.95. The van der Waals surface area contributed by atoms with Crippen molar-refractivity contribution >= 4 is 28.8 Å². The van der Waals surface area contributed by atoms with E-state index in [0.29, 0.717) is 11.4 Å². The molecule has 0 unspecified atom stereocenters. The number of rotatable bonds is 4. The van der Waals surface area contributed by atoms with Crippen LogP contribution in [0.4, 0.5) is 17.2 Å². The van der Waals surface area contributed by atoms with Crippen LogP contribution in [0.3, 0.4) is 0 Å². The van der Waals surface area contributed by atoms with Crippen molar-refractivity contribution in [2.75, 3.05) is 5.73 Å². The maximum Gasteiger partial charge on any atom is 0.311 e. The molecule has 0 aliphatic rings. The Labute approximate surface area is 187 Å². The third-order valence-electron chi connectivity index (χ3n) is 4.26. The molecule has 2 aromatic carbocycles. The molecular formula is C22H16ClN5O4. The van der Waals surface area contributed by atoms with E-state index in [1.165, 1.54) is 12.1 Å². The minimum Gasteiger partial charge on any atom is -0.378 e. The molecule has 2 heterocycles. The number of hydrogen-bond acceptors (Lipinski definition) is 7. The molecule has 0 fully saturated rings. The van der Waals surface area contributed by atoms with Crippen LogP contribution in [-0.2, 0) is 0 Å². The van der Waals surface area contributed by atoms with Gasteiger partial charge in [-0.25, -0.2) is 9.97 Å². The SMILES string of the molecule is Nc1nc(-c2ccccc2)ccc1[N+](=O)[O-].O=[N+]([O-])c1ccc(-c2ccccc2)nc1Cl. The lowest BCUT2D eigenvalue weighted by Crippen LogP contribution is -1.99. The summed E-state index contributed by atoms with van der Waals surface area (Å²) >= 11 is 5.72. The van der Waals surface area contributed by atoms with Gasteiger partial charge in [0.05, 0.1) is 21.2 Å². The molecule has 0 aliphatic carbocycles. The molecule has 0 atom stereocenters. The number of benzene rings is 2. The van der Waals surface area contributed by atoms with Gasteiger partial charge in [-0.3, -0.25) is 20.2 Å². The van der Waals surface area contributed by atoms with Crippen molar-refractivity contribution in [1.82, 2.24) is 9.97 Å². The molecule has 0 aliphatic heterocycles. The maximum atomic E-state index is 10.6. The van der Waals surface area contributed by atoms with Crippen molar-refractivity contribution < 1.29 is 9.85 Å². The zero-order valence-corrected chi connectivity index (χ0v) is 17.2. The first-order chi connectivity index (χ1) is 15.4. The summed E-state index contributed by atoms with van der Waals surface area (Å²) in [6, 6.07) is 24.6. The second-order valence-electron chi connectivity index (χ2n) is 6.35. The van der Waals surface area contributed by atoms with Crippen LogP contribution in [0.1, 0.15) is 0 Å². The predicted molar refractivity (Wildman–Crippen MR) is 122 cm³/mol. The Balaban J connectivity index is 0.000000181. The number of anilines is 1. The predicted octanol–water partition coefficient (Wildman–Crippen LogP) is 5.55. The number of pyridine rings is 2. The highest BCUT2D eigenvalue weighted by Gasteiger charge is 2.14. The zero-order valence-electron chi connectivity index (χ0n) is 16.5. The Hall–Kier alpha value is -4.37. The van der Waals surface area contributed by atoms with E-state index in [9.17, 15) is 20.2 Å². The van der Waals surface area contributed by atoms with Crippen molar-refractivity contribution in [1.29, 1.82) is 0 Å². The molecule has 2 N–H and O–H groups in total. The summed E-state index contributed by atoms with van der Waals surface area (Å²) < 4.78 is 0. The van der Waals surface area contributed by atoms with E-state index in [1.54, 1.807) is 12.1 Å². The van der Waals surface area contributed by atoms with Crippen LogP contribution in [0.25, 0.3) is 22.5 Å². The van der Waals surface area contributed by atoms with Crippen molar-refractivity contribution in [3.63, 3.8) is 0 Å². The van der Waals surface area contributed by atoms with E-state index in [2.05, 4.69) is 9.97 Å². The molecule has 0 saturated carbocycles. The second-order valence-corrected chi connectivity index (χ2v) is 6.71. The van der Waals surface area contributed by atoms with Crippen LogP contribution >= 0.6 is 11.6 Å². The zero-order chi connectivity index (χ0) is 23.1. The number of nitrogens with two attached hydrogens (primary N) is 1. The van der Waals surface area contributed by atoms with Gasteiger partial charge in [-0.1, -0.05) is 72.3 Å². The quantitative estimate of drug-likeness (QED) is 0.245. The number of hydrogen-bond donors (Lipinski definition) is 1. The molecular weight excluding hydrogens is 434 g/mol. The summed E-state index contributed by atoms with van der Waals surface area (Å²) in [7, 11) is 0. The molecule has 160 valence electrons. The fourth-order valence-electron chi connectivity index (χ4n) is 2.72. The van der Waals surface area contributed by atoms with E-state index in [4.69, 9.17) is 17.3 Å². The van der Waals surface area contributed by atoms with Gasteiger partial charge in [0.1, 0.15) is 0 Å². The molecule has 0 radical (unpaired) electrons. The second kappa shape index (κ2) is 10.1. The summed E-state index contributed by atoms with van der Waals surface area (Å²) in [5, 5.41) is 21.0.